The number of hydrogen-bond donors (Lipinski definition) is 1. The van der Waals surface area contributed by atoms with Crippen LogP contribution < -0.4 is 5.32 Å². The summed E-state index contributed by atoms with van der Waals surface area (Å²) in [4.78, 5) is 23.9. The Kier molecular flexibility index (Phi) is 5.50. The zero-order chi connectivity index (χ0) is 17.0. The first-order valence-corrected chi connectivity index (χ1v) is 8.30. The van der Waals surface area contributed by atoms with Crippen LogP contribution in [-0.2, 0) is 0 Å². The third kappa shape index (κ3) is 4.39. The lowest BCUT2D eigenvalue weighted by Crippen LogP contribution is -2.28. The molecule has 1 unspecified atom stereocenters. The number of rotatable bonds is 6. The summed E-state index contributed by atoms with van der Waals surface area (Å²) in [5, 5.41) is 13.9. The molecule has 2 rings (SSSR count). The van der Waals surface area contributed by atoms with E-state index < -0.39 is 4.92 Å². The lowest BCUT2D eigenvalue weighted by atomic mass is 9.97. The van der Waals surface area contributed by atoms with Crippen LogP contribution in [0.5, 0.6) is 0 Å². The summed E-state index contributed by atoms with van der Waals surface area (Å²) >= 11 is 1.15. The van der Waals surface area contributed by atoms with Crippen molar-refractivity contribution in [3.63, 3.8) is 0 Å². The van der Waals surface area contributed by atoms with Crippen molar-refractivity contribution < 1.29 is 9.72 Å². The number of nitro groups is 1. The maximum atomic E-state index is 12.5. The third-order valence-corrected chi connectivity index (χ3v) is 4.56. The average molecular weight is 332 g/mol. The zero-order valence-corrected chi connectivity index (χ0v) is 14.2. The van der Waals surface area contributed by atoms with E-state index in [2.05, 4.69) is 19.2 Å². The molecule has 0 aliphatic rings. The van der Waals surface area contributed by atoms with Gasteiger partial charge in [-0.05, 0) is 24.8 Å². The van der Waals surface area contributed by atoms with E-state index in [1.807, 2.05) is 30.3 Å². The van der Waals surface area contributed by atoms with E-state index in [1.54, 1.807) is 6.92 Å². The number of benzene rings is 1. The second-order valence-electron chi connectivity index (χ2n) is 5.88. The van der Waals surface area contributed by atoms with Crippen molar-refractivity contribution in [2.45, 2.75) is 33.2 Å². The van der Waals surface area contributed by atoms with Crippen LogP contribution >= 0.6 is 11.3 Å². The molecule has 0 saturated heterocycles. The van der Waals surface area contributed by atoms with E-state index in [0.717, 1.165) is 23.3 Å². The van der Waals surface area contributed by atoms with Gasteiger partial charge in [0.1, 0.15) is 0 Å². The molecule has 6 heteroatoms. The van der Waals surface area contributed by atoms with Gasteiger partial charge >= 0.3 is 0 Å². The second-order valence-corrected chi connectivity index (χ2v) is 7.13. The predicted octanol–water partition coefficient (Wildman–Crippen LogP) is 4.48. The molecule has 1 heterocycles. The molecular formula is C17H20N2O3S. The van der Waals surface area contributed by atoms with Crippen molar-refractivity contribution in [3.05, 3.63) is 61.8 Å². The normalized spacial score (nSPS) is 12.2. The molecule has 1 aromatic heterocycles. The highest BCUT2D eigenvalue weighted by Gasteiger charge is 2.22. The number of carbonyl (C=O) groups excluding carboxylic acids is 1. The number of hydrogen-bond acceptors (Lipinski definition) is 4. The second kappa shape index (κ2) is 7.37. The molecule has 0 fully saturated rings. The van der Waals surface area contributed by atoms with Gasteiger partial charge in [-0.1, -0.05) is 44.2 Å². The Labute approximate surface area is 139 Å². The molecule has 5 nitrogen and oxygen atoms in total. The van der Waals surface area contributed by atoms with E-state index >= 15 is 0 Å². The van der Waals surface area contributed by atoms with Crippen LogP contribution in [0.15, 0.2) is 36.4 Å². The van der Waals surface area contributed by atoms with Gasteiger partial charge in [-0.15, -0.1) is 11.3 Å². The summed E-state index contributed by atoms with van der Waals surface area (Å²) < 4.78 is 0. The molecule has 0 radical (unpaired) electrons. The highest BCUT2D eigenvalue weighted by Crippen LogP contribution is 2.29. The molecule has 1 atom stereocenters. The van der Waals surface area contributed by atoms with Gasteiger partial charge < -0.3 is 5.32 Å². The number of carbonyl (C=O) groups is 1. The Morgan fingerprint density at radius 2 is 1.96 bits per heavy atom. The van der Waals surface area contributed by atoms with Crippen LogP contribution in [0.1, 0.15) is 46.4 Å². The third-order valence-electron chi connectivity index (χ3n) is 3.53. The highest BCUT2D eigenvalue weighted by atomic mass is 32.1. The van der Waals surface area contributed by atoms with Crippen molar-refractivity contribution in [1.29, 1.82) is 0 Å². The van der Waals surface area contributed by atoms with Crippen LogP contribution in [0, 0.1) is 23.0 Å². The molecule has 1 N–H and O–H groups in total. The SMILES string of the molecule is Cc1sc(C(=O)NC(CC(C)C)c2ccccc2)cc1[N+](=O)[O-]. The predicted molar refractivity (Wildman–Crippen MR) is 91.8 cm³/mol. The Hall–Kier alpha value is -2.21. The monoisotopic (exact) mass is 332 g/mol. The molecule has 0 aliphatic heterocycles. The summed E-state index contributed by atoms with van der Waals surface area (Å²) in [7, 11) is 0. The van der Waals surface area contributed by atoms with Gasteiger partial charge in [0.25, 0.3) is 11.6 Å². The maximum Gasteiger partial charge on any atom is 0.283 e. The average Bonchev–Trinajstić information content (AvgIpc) is 2.89. The van der Waals surface area contributed by atoms with Crippen molar-refractivity contribution in [1.82, 2.24) is 5.32 Å². The summed E-state index contributed by atoms with van der Waals surface area (Å²) in [6.45, 7) is 5.85. The largest absolute Gasteiger partial charge is 0.345 e. The molecule has 0 saturated carbocycles. The van der Waals surface area contributed by atoms with Crippen LogP contribution in [0.2, 0.25) is 0 Å². The van der Waals surface area contributed by atoms with Crippen LogP contribution in [0.25, 0.3) is 0 Å². The van der Waals surface area contributed by atoms with Gasteiger partial charge in [0, 0.05) is 6.07 Å². The van der Waals surface area contributed by atoms with E-state index in [9.17, 15) is 14.9 Å². The van der Waals surface area contributed by atoms with Crippen molar-refractivity contribution >= 4 is 22.9 Å². The fourth-order valence-electron chi connectivity index (χ4n) is 2.43. The number of nitrogens with one attached hydrogen (secondary N) is 1. The topological polar surface area (TPSA) is 72.2 Å². The molecule has 0 aliphatic carbocycles. The smallest absolute Gasteiger partial charge is 0.283 e. The van der Waals surface area contributed by atoms with Gasteiger partial charge in [-0.2, -0.15) is 0 Å². The molecule has 2 aromatic rings. The maximum absolute atomic E-state index is 12.5. The number of nitrogens with zero attached hydrogens (tertiary/aromatic N) is 1. The Balaban J connectivity index is 2.20. The molecule has 0 spiro atoms. The van der Waals surface area contributed by atoms with Gasteiger partial charge in [0.05, 0.1) is 20.7 Å². The van der Waals surface area contributed by atoms with Gasteiger partial charge in [-0.25, -0.2) is 0 Å². The van der Waals surface area contributed by atoms with E-state index in [1.165, 1.54) is 6.07 Å². The quantitative estimate of drug-likeness (QED) is 0.626. The van der Waals surface area contributed by atoms with Crippen LogP contribution in [0.4, 0.5) is 5.69 Å². The minimum absolute atomic E-state index is 0.000251. The fourth-order valence-corrected chi connectivity index (χ4v) is 3.32. The van der Waals surface area contributed by atoms with E-state index in [-0.39, 0.29) is 17.6 Å². The van der Waals surface area contributed by atoms with Crippen molar-refractivity contribution in [2.75, 3.05) is 0 Å². The Morgan fingerprint density at radius 3 is 2.48 bits per heavy atom. The van der Waals surface area contributed by atoms with Crippen LogP contribution in [0.3, 0.4) is 0 Å². The van der Waals surface area contributed by atoms with Gasteiger partial charge in [0.2, 0.25) is 0 Å². The Bertz CT molecular complexity index is 695. The first-order valence-electron chi connectivity index (χ1n) is 7.49. The highest BCUT2D eigenvalue weighted by molar-refractivity contribution is 7.14. The fraction of sp³-hybridized carbons (Fsp3) is 0.353. The minimum atomic E-state index is -0.453. The standard InChI is InChI=1S/C17H20N2O3S/c1-11(2)9-14(13-7-5-4-6-8-13)18-17(20)16-10-15(19(21)22)12(3)23-16/h4-8,10-11,14H,9H2,1-3H3,(H,18,20). The molecule has 1 amide bonds. The molecule has 1 aromatic carbocycles. The van der Waals surface area contributed by atoms with Gasteiger partial charge in [-0.3, -0.25) is 14.9 Å². The molecule has 122 valence electrons. The summed E-state index contributed by atoms with van der Waals surface area (Å²) in [5.41, 5.74) is 1.04. The summed E-state index contributed by atoms with van der Waals surface area (Å²) in [6, 6.07) is 11.0. The first kappa shape index (κ1) is 17.1. The molecule has 23 heavy (non-hydrogen) atoms. The lowest BCUT2D eigenvalue weighted by Gasteiger charge is -2.20. The molecule has 0 bridgehead atoms. The first-order chi connectivity index (χ1) is 10.9. The minimum Gasteiger partial charge on any atom is -0.345 e. The van der Waals surface area contributed by atoms with Crippen molar-refractivity contribution in [2.24, 2.45) is 5.92 Å². The number of thiophene rings is 1. The van der Waals surface area contributed by atoms with Crippen LogP contribution in [-0.4, -0.2) is 10.8 Å². The zero-order valence-electron chi connectivity index (χ0n) is 13.4. The molecular weight excluding hydrogens is 312 g/mol. The summed E-state index contributed by atoms with van der Waals surface area (Å²) in [5.74, 6) is 0.153. The van der Waals surface area contributed by atoms with E-state index in [0.29, 0.717) is 15.7 Å². The Morgan fingerprint density at radius 1 is 1.30 bits per heavy atom. The van der Waals surface area contributed by atoms with Crippen molar-refractivity contribution in [3.8, 4) is 0 Å². The number of amides is 1. The number of aryl methyl sites for hydroxylation is 1. The summed E-state index contributed by atoms with van der Waals surface area (Å²) in [6.07, 6.45) is 0.808. The van der Waals surface area contributed by atoms with E-state index in [4.69, 9.17) is 0 Å². The lowest BCUT2D eigenvalue weighted by molar-refractivity contribution is -0.385. The van der Waals surface area contributed by atoms with Gasteiger partial charge in [0.15, 0.2) is 0 Å².